The molecule has 0 bridgehead atoms. The van der Waals surface area contributed by atoms with Crippen LogP contribution in [-0.4, -0.2) is 16.6 Å². The number of fused-ring (bicyclic) bond motifs is 1. The number of nitrogens with zero attached hydrogens (tertiary/aromatic N) is 1. The molecule has 0 spiro atoms. The Balaban J connectivity index is 1.66. The molecular weight excluding hydrogens is 262 g/mol. The monoisotopic (exact) mass is 283 g/mol. The van der Waals surface area contributed by atoms with Gasteiger partial charge in [0, 0.05) is 31.3 Å². The zero-order valence-corrected chi connectivity index (χ0v) is 12.4. The van der Waals surface area contributed by atoms with Crippen molar-refractivity contribution in [1.29, 1.82) is 0 Å². The summed E-state index contributed by atoms with van der Waals surface area (Å²) in [6, 6.07) is 14.1. The second-order valence-electron chi connectivity index (χ2n) is 5.55. The average molecular weight is 283 g/mol. The number of phenols is 1. The number of aromatic hydroxyl groups is 1. The molecule has 0 aromatic heterocycles. The fourth-order valence-corrected chi connectivity index (χ4v) is 2.74. The largest absolute Gasteiger partial charge is 0.507 e. The molecule has 2 aromatic carbocycles. The molecule has 3 rings (SSSR count). The molecule has 3 heteroatoms. The highest BCUT2D eigenvalue weighted by Crippen LogP contribution is 2.29. The Morgan fingerprint density at radius 1 is 1.10 bits per heavy atom. The van der Waals surface area contributed by atoms with Crippen LogP contribution in [0.3, 0.4) is 0 Å². The molecule has 0 saturated heterocycles. The summed E-state index contributed by atoms with van der Waals surface area (Å²) in [5.74, 6) is 1.06. The quantitative estimate of drug-likeness (QED) is 0.908. The molecule has 0 aliphatic carbocycles. The van der Waals surface area contributed by atoms with Crippen LogP contribution in [0.1, 0.15) is 30.0 Å². The lowest BCUT2D eigenvalue weighted by molar-refractivity contribution is 0.270. The first-order valence-electron chi connectivity index (χ1n) is 7.50. The van der Waals surface area contributed by atoms with Gasteiger partial charge in [-0.05, 0) is 23.6 Å². The van der Waals surface area contributed by atoms with E-state index in [4.69, 9.17) is 4.74 Å². The number of hydrogen-bond donors (Lipinski definition) is 1. The van der Waals surface area contributed by atoms with E-state index in [2.05, 4.69) is 36.1 Å². The zero-order chi connectivity index (χ0) is 14.7. The summed E-state index contributed by atoms with van der Waals surface area (Å²) in [7, 11) is 0. The number of ether oxygens (including phenoxy) is 1. The van der Waals surface area contributed by atoms with Gasteiger partial charge in [-0.25, -0.2) is 0 Å². The van der Waals surface area contributed by atoms with Gasteiger partial charge in [-0.3, -0.25) is 4.90 Å². The van der Waals surface area contributed by atoms with Crippen molar-refractivity contribution in [3.8, 4) is 11.5 Å². The second kappa shape index (κ2) is 6.19. The third-order valence-corrected chi connectivity index (χ3v) is 3.83. The van der Waals surface area contributed by atoms with Crippen molar-refractivity contribution >= 4 is 0 Å². The van der Waals surface area contributed by atoms with E-state index in [-0.39, 0.29) is 0 Å². The Morgan fingerprint density at radius 2 is 1.81 bits per heavy atom. The molecule has 0 atom stereocenters. The maximum absolute atomic E-state index is 10.2. The highest BCUT2D eigenvalue weighted by atomic mass is 16.5. The lowest BCUT2D eigenvalue weighted by Crippen LogP contribution is -2.15. The zero-order valence-electron chi connectivity index (χ0n) is 12.4. The van der Waals surface area contributed by atoms with Crippen LogP contribution in [0, 0.1) is 0 Å². The van der Waals surface area contributed by atoms with Gasteiger partial charge < -0.3 is 9.84 Å². The molecule has 1 aliphatic rings. The molecule has 1 aliphatic heterocycles. The Morgan fingerprint density at radius 3 is 2.43 bits per heavy atom. The van der Waals surface area contributed by atoms with Crippen molar-refractivity contribution in [1.82, 2.24) is 4.90 Å². The average Bonchev–Trinajstić information content (AvgIpc) is 2.90. The molecule has 0 radical (unpaired) electrons. The fourth-order valence-electron chi connectivity index (χ4n) is 2.74. The van der Waals surface area contributed by atoms with Crippen molar-refractivity contribution < 1.29 is 9.84 Å². The third kappa shape index (κ3) is 3.19. The Labute approximate surface area is 125 Å². The van der Waals surface area contributed by atoms with Crippen molar-refractivity contribution in [2.24, 2.45) is 0 Å². The summed E-state index contributed by atoms with van der Waals surface area (Å²) in [5, 5.41) is 10.2. The minimum absolute atomic E-state index is 0.319. The standard InChI is InChI=1S/C18H21NO2/c1-2-9-21-17-8-7-16(18(20)10-17)13-19-11-14-5-3-4-6-15(14)12-19/h3-8,10,20H,2,9,11-13H2,1H3. The van der Waals surface area contributed by atoms with Crippen LogP contribution in [-0.2, 0) is 19.6 Å². The predicted molar refractivity (Wildman–Crippen MR) is 83.3 cm³/mol. The predicted octanol–water partition coefficient (Wildman–Crippen LogP) is 3.70. The third-order valence-electron chi connectivity index (χ3n) is 3.83. The first-order valence-corrected chi connectivity index (χ1v) is 7.50. The summed E-state index contributed by atoms with van der Waals surface area (Å²) >= 11 is 0. The lowest BCUT2D eigenvalue weighted by Gasteiger charge is -2.16. The Hall–Kier alpha value is -2.00. The highest BCUT2D eigenvalue weighted by Gasteiger charge is 2.19. The van der Waals surface area contributed by atoms with E-state index in [1.807, 2.05) is 12.1 Å². The summed E-state index contributed by atoms with van der Waals surface area (Å²) in [4.78, 5) is 2.34. The summed E-state index contributed by atoms with van der Waals surface area (Å²) < 4.78 is 5.54. The van der Waals surface area contributed by atoms with E-state index >= 15 is 0 Å². The molecule has 110 valence electrons. The number of benzene rings is 2. The van der Waals surface area contributed by atoms with E-state index < -0.39 is 0 Å². The molecule has 2 aromatic rings. The molecule has 0 fully saturated rings. The molecule has 21 heavy (non-hydrogen) atoms. The van der Waals surface area contributed by atoms with E-state index in [0.29, 0.717) is 12.4 Å². The minimum Gasteiger partial charge on any atom is -0.507 e. The van der Waals surface area contributed by atoms with Gasteiger partial charge in [0.05, 0.1) is 6.61 Å². The summed E-state index contributed by atoms with van der Waals surface area (Å²) in [6.07, 6.45) is 0.967. The van der Waals surface area contributed by atoms with Gasteiger partial charge in [0.1, 0.15) is 11.5 Å². The topological polar surface area (TPSA) is 32.7 Å². The second-order valence-corrected chi connectivity index (χ2v) is 5.55. The van der Waals surface area contributed by atoms with Crippen molar-refractivity contribution in [2.45, 2.75) is 33.0 Å². The van der Waals surface area contributed by atoms with Crippen molar-refractivity contribution in [2.75, 3.05) is 6.61 Å². The van der Waals surface area contributed by atoms with Crippen LogP contribution < -0.4 is 4.74 Å². The molecule has 1 heterocycles. The highest BCUT2D eigenvalue weighted by molar-refractivity contribution is 5.40. The van der Waals surface area contributed by atoms with Crippen LogP contribution in [0.5, 0.6) is 11.5 Å². The molecule has 1 N–H and O–H groups in total. The van der Waals surface area contributed by atoms with Gasteiger partial charge in [0.15, 0.2) is 0 Å². The molecule has 0 saturated carbocycles. The number of hydrogen-bond acceptors (Lipinski definition) is 3. The van der Waals surface area contributed by atoms with E-state index in [0.717, 1.165) is 37.4 Å². The van der Waals surface area contributed by atoms with Crippen molar-refractivity contribution in [3.63, 3.8) is 0 Å². The van der Waals surface area contributed by atoms with Gasteiger partial charge in [0.25, 0.3) is 0 Å². The first kappa shape index (κ1) is 14.0. The van der Waals surface area contributed by atoms with Crippen molar-refractivity contribution in [3.05, 3.63) is 59.2 Å². The molecule has 0 unspecified atom stereocenters. The van der Waals surface area contributed by atoms with Gasteiger partial charge in [-0.15, -0.1) is 0 Å². The van der Waals surface area contributed by atoms with E-state index in [1.54, 1.807) is 6.07 Å². The Bertz CT molecular complexity index is 599. The summed E-state index contributed by atoms with van der Waals surface area (Å²) in [6.45, 7) is 5.40. The van der Waals surface area contributed by atoms with Crippen LogP contribution >= 0.6 is 0 Å². The maximum Gasteiger partial charge on any atom is 0.123 e. The van der Waals surface area contributed by atoms with Gasteiger partial charge in [0.2, 0.25) is 0 Å². The minimum atomic E-state index is 0.319. The van der Waals surface area contributed by atoms with Crippen LogP contribution in [0.2, 0.25) is 0 Å². The number of rotatable bonds is 5. The van der Waals surface area contributed by atoms with Crippen LogP contribution in [0.15, 0.2) is 42.5 Å². The molecule has 3 nitrogen and oxygen atoms in total. The summed E-state index contributed by atoms with van der Waals surface area (Å²) in [5.41, 5.74) is 3.73. The first-order chi connectivity index (χ1) is 10.3. The lowest BCUT2D eigenvalue weighted by atomic mass is 10.1. The Kier molecular flexibility index (Phi) is 4.11. The van der Waals surface area contributed by atoms with Gasteiger partial charge in [-0.2, -0.15) is 0 Å². The van der Waals surface area contributed by atoms with Crippen LogP contribution in [0.25, 0.3) is 0 Å². The molecular formula is C18H21NO2. The SMILES string of the molecule is CCCOc1ccc(CN2Cc3ccccc3C2)c(O)c1. The number of phenolic OH excluding ortho intramolecular Hbond substituents is 1. The maximum atomic E-state index is 10.2. The fraction of sp³-hybridized carbons (Fsp3) is 0.333. The smallest absolute Gasteiger partial charge is 0.123 e. The van der Waals surface area contributed by atoms with Gasteiger partial charge in [-0.1, -0.05) is 37.3 Å². The normalized spacial score (nSPS) is 14.1. The van der Waals surface area contributed by atoms with Crippen LogP contribution in [0.4, 0.5) is 0 Å². The van der Waals surface area contributed by atoms with E-state index in [9.17, 15) is 5.11 Å². The van der Waals surface area contributed by atoms with E-state index in [1.165, 1.54) is 11.1 Å². The van der Waals surface area contributed by atoms with Gasteiger partial charge >= 0.3 is 0 Å². The molecule has 0 amide bonds.